The van der Waals surface area contributed by atoms with E-state index < -0.39 is 0 Å². The minimum atomic E-state index is 0.0899. The van der Waals surface area contributed by atoms with Crippen molar-refractivity contribution >= 4 is 27.5 Å². The van der Waals surface area contributed by atoms with Gasteiger partial charge in [-0.1, -0.05) is 22.0 Å². The van der Waals surface area contributed by atoms with E-state index in [0.29, 0.717) is 6.54 Å². The molecule has 118 valence electrons. The predicted octanol–water partition coefficient (Wildman–Crippen LogP) is 2.86. The van der Waals surface area contributed by atoms with Gasteiger partial charge in [-0.25, -0.2) is 0 Å². The zero-order valence-electron chi connectivity index (χ0n) is 13.8. The molecule has 0 heterocycles. The summed E-state index contributed by atoms with van der Waals surface area (Å²) in [5.41, 5.74) is 2.32. The third-order valence-electron chi connectivity index (χ3n) is 3.16. The number of nitrogens with one attached hydrogen (secondary N) is 1. The zero-order valence-corrected chi connectivity index (χ0v) is 15.4. The number of amides is 1. The van der Waals surface area contributed by atoms with Crippen molar-refractivity contribution in [1.29, 1.82) is 0 Å². The second kappa shape index (κ2) is 7.27. The molecule has 0 saturated heterocycles. The molecule has 0 fully saturated rings. The molecule has 1 N–H and O–H groups in total. The molecule has 4 nitrogen and oxygen atoms in total. The number of benzene rings is 1. The molecule has 0 aliphatic rings. The summed E-state index contributed by atoms with van der Waals surface area (Å²) in [6, 6.07) is 6.20. The monoisotopic (exact) mass is 355 g/mol. The number of carbonyl (C=O) groups is 1. The lowest BCUT2D eigenvalue weighted by molar-refractivity contribution is -0.127. The first kappa shape index (κ1) is 18.0. The molecule has 0 radical (unpaired) electrons. The minimum Gasteiger partial charge on any atom is -0.365 e. The molecule has 21 heavy (non-hydrogen) atoms. The van der Waals surface area contributed by atoms with Gasteiger partial charge in [-0.15, -0.1) is 0 Å². The second-order valence-corrected chi connectivity index (χ2v) is 7.38. The Morgan fingerprint density at radius 3 is 2.33 bits per heavy atom. The van der Waals surface area contributed by atoms with Crippen LogP contribution in [-0.2, 0) is 11.3 Å². The average Bonchev–Trinajstić information content (AvgIpc) is 2.35. The number of nitrogens with zero attached hydrogens (tertiary/aromatic N) is 2. The van der Waals surface area contributed by atoms with Crippen molar-refractivity contribution in [1.82, 2.24) is 10.2 Å². The van der Waals surface area contributed by atoms with E-state index in [9.17, 15) is 4.79 Å². The maximum atomic E-state index is 11.8. The third kappa shape index (κ3) is 6.06. The lowest BCUT2D eigenvalue weighted by atomic mass is 10.1. The quantitative estimate of drug-likeness (QED) is 0.881. The fourth-order valence-electron chi connectivity index (χ4n) is 1.71. The molecule has 0 aliphatic carbocycles. The Balaban J connectivity index is 2.75. The van der Waals surface area contributed by atoms with Gasteiger partial charge in [0.05, 0.1) is 6.54 Å². The average molecular weight is 356 g/mol. The standard InChI is InChI=1S/C16H26BrN3O/c1-16(2,3)18-10-12-7-8-13(9-14(12)17)20(6)11-15(21)19(4)5/h7-9,18H,10-11H2,1-6H3. The van der Waals surface area contributed by atoms with Crippen LogP contribution < -0.4 is 10.2 Å². The number of halogens is 1. The first-order valence-electron chi connectivity index (χ1n) is 7.05. The van der Waals surface area contributed by atoms with Crippen LogP contribution in [0.4, 0.5) is 5.69 Å². The van der Waals surface area contributed by atoms with Gasteiger partial charge in [-0.2, -0.15) is 0 Å². The molecule has 1 aromatic rings. The van der Waals surface area contributed by atoms with Crippen LogP contribution >= 0.6 is 15.9 Å². The van der Waals surface area contributed by atoms with Gasteiger partial charge in [0.1, 0.15) is 0 Å². The van der Waals surface area contributed by atoms with Gasteiger partial charge in [0, 0.05) is 43.4 Å². The number of hydrogen-bond donors (Lipinski definition) is 1. The fraction of sp³-hybridized carbons (Fsp3) is 0.562. The Kier molecular flexibility index (Phi) is 6.23. The van der Waals surface area contributed by atoms with E-state index >= 15 is 0 Å². The maximum absolute atomic E-state index is 11.8. The highest BCUT2D eigenvalue weighted by Crippen LogP contribution is 2.24. The van der Waals surface area contributed by atoms with Crippen molar-refractivity contribution in [2.24, 2.45) is 0 Å². The fourth-order valence-corrected chi connectivity index (χ4v) is 2.22. The highest BCUT2D eigenvalue weighted by Gasteiger charge is 2.12. The van der Waals surface area contributed by atoms with E-state index in [-0.39, 0.29) is 11.4 Å². The lowest BCUT2D eigenvalue weighted by Gasteiger charge is -2.23. The number of hydrogen-bond acceptors (Lipinski definition) is 3. The summed E-state index contributed by atoms with van der Waals surface area (Å²) < 4.78 is 1.06. The predicted molar refractivity (Wildman–Crippen MR) is 92.7 cm³/mol. The Hall–Kier alpha value is -1.07. The molecule has 0 atom stereocenters. The summed E-state index contributed by atoms with van der Waals surface area (Å²) in [7, 11) is 5.47. The van der Waals surface area contributed by atoms with Gasteiger partial charge in [0.25, 0.3) is 0 Å². The van der Waals surface area contributed by atoms with Gasteiger partial charge in [0.2, 0.25) is 5.91 Å². The van der Waals surface area contributed by atoms with E-state index in [2.05, 4.69) is 54.2 Å². The third-order valence-corrected chi connectivity index (χ3v) is 3.90. The van der Waals surface area contributed by atoms with Crippen molar-refractivity contribution in [3.63, 3.8) is 0 Å². The summed E-state index contributed by atoms with van der Waals surface area (Å²) in [6.07, 6.45) is 0. The molecular weight excluding hydrogens is 330 g/mol. The first-order valence-corrected chi connectivity index (χ1v) is 7.84. The van der Waals surface area contributed by atoms with Crippen LogP contribution in [0.2, 0.25) is 0 Å². The molecule has 1 rings (SSSR count). The number of anilines is 1. The Labute approximate surface area is 136 Å². The first-order chi connectivity index (χ1) is 9.60. The van der Waals surface area contributed by atoms with Gasteiger partial charge in [-0.05, 0) is 38.5 Å². The molecule has 0 spiro atoms. The van der Waals surface area contributed by atoms with Crippen LogP contribution in [0.1, 0.15) is 26.3 Å². The Morgan fingerprint density at radius 2 is 1.86 bits per heavy atom. The minimum absolute atomic E-state index is 0.0899. The van der Waals surface area contributed by atoms with Crippen LogP contribution in [0.25, 0.3) is 0 Å². The van der Waals surface area contributed by atoms with E-state index in [1.54, 1.807) is 19.0 Å². The van der Waals surface area contributed by atoms with Crippen LogP contribution in [-0.4, -0.2) is 44.0 Å². The van der Waals surface area contributed by atoms with Crippen molar-refractivity contribution in [3.8, 4) is 0 Å². The highest BCUT2D eigenvalue weighted by molar-refractivity contribution is 9.10. The van der Waals surface area contributed by atoms with Gasteiger partial charge in [0.15, 0.2) is 0 Å². The Bertz CT molecular complexity index is 495. The van der Waals surface area contributed by atoms with Crippen LogP contribution in [0.15, 0.2) is 22.7 Å². The molecule has 0 unspecified atom stereocenters. The van der Waals surface area contributed by atoms with Gasteiger partial charge in [-0.3, -0.25) is 4.79 Å². The SMILES string of the molecule is CN(C)C(=O)CN(C)c1ccc(CNC(C)(C)C)c(Br)c1. The maximum Gasteiger partial charge on any atom is 0.241 e. The van der Waals surface area contributed by atoms with E-state index in [0.717, 1.165) is 16.7 Å². The topological polar surface area (TPSA) is 35.6 Å². The van der Waals surface area contributed by atoms with Crippen molar-refractivity contribution in [2.45, 2.75) is 32.9 Å². The molecule has 0 saturated carbocycles. The molecule has 5 heteroatoms. The molecule has 0 bridgehead atoms. The summed E-state index contributed by atoms with van der Waals surface area (Å²) in [4.78, 5) is 15.3. The summed E-state index contributed by atoms with van der Waals surface area (Å²) in [6.45, 7) is 7.63. The zero-order chi connectivity index (χ0) is 16.2. The molecular formula is C16H26BrN3O. The van der Waals surface area contributed by atoms with E-state index in [1.807, 2.05) is 18.0 Å². The van der Waals surface area contributed by atoms with Gasteiger partial charge < -0.3 is 15.1 Å². The lowest BCUT2D eigenvalue weighted by Crippen LogP contribution is -2.35. The van der Waals surface area contributed by atoms with Crippen molar-refractivity contribution in [2.75, 3.05) is 32.6 Å². The van der Waals surface area contributed by atoms with Gasteiger partial charge >= 0.3 is 0 Å². The van der Waals surface area contributed by atoms with E-state index in [1.165, 1.54) is 5.56 Å². The van der Waals surface area contributed by atoms with Crippen molar-refractivity contribution < 1.29 is 4.79 Å². The summed E-state index contributed by atoms with van der Waals surface area (Å²) in [5, 5.41) is 3.47. The number of rotatable bonds is 5. The summed E-state index contributed by atoms with van der Waals surface area (Å²) in [5.74, 6) is 0.0899. The van der Waals surface area contributed by atoms with E-state index in [4.69, 9.17) is 0 Å². The van der Waals surface area contributed by atoms with Crippen LogP contribution in [0.3, 0.4) is 0 Å². The van der Waals surface area contributed by atoms with Crippen LogP contribution in [0.5, 0.6) is 0 Å². The molecule has 1 aromatic carbocycles. The normalized spacial score (nSPS) is 11.4. The Morgan fingerprint density at radius 1 is 1.24 bits per heavy atom. The number of likely N-dealkylation sites (N-methyl/N-ethyl adjacent to an activating group) is 2. The second-order valence-electron chi connectivity index (χ2n) is 6.52. The number of carbonyl (C=O) groups excluding carboxylic acids is 1. The molecule has 1 amide bonds. The highest BCUT2D eigenvalue weighted by atomic mass is 79.9. The van der Waals surface area contributed by atoms with Crippen molar-refractivity contribution in [3.05, 3.63) is 28.2 Å². The largest absolute Gasteiger partial charge is 0.365 e. The smallest absolute Gasteiger partial charge is 0.241 e. The summed E-state index contributed by atoms with van der Waals surface area (Å²) >= 11 is 3.62. The molecule has 0 aromatic heterocycles. The molecule has 0 aliphatic heterocycles. The van der Waals surface area contributed by atoms with Crippen LogP contribution in [0, 0.1) is 0 Å².